The Bertz CT molecular complexity index is 433. The molecule has 0 aromatic carbocycles. The molecule has 0 saturated heterocycles. The molecular weight excluding hydrogens is 290 g/mol. The molecule has 1 aromatic heterocycles. The molecule has 2 unspecified atom stereocenters. The van der Waals surface area contributed by atoms with E-state index in [1.165, 1.54) is 4.21 Å². The SMILES string of the molecule is CCOC(=O)C1(NC(C)C)CCC(Sc2cccs2)C1. The number of esters is 1. The van der Waals surface area contributed by atoms with Crippen molar-refractivity contribution in [2.75, 3.05) is 6.61 Å². The van der Waals surface area contributed by atoms with Gasteiger partial charge in [0.15, 0.2) is 0 Å². The van der Waals surface area contributed by atoms with Gasteiger partial charge in [-0.3, -0.25) is 10.1 Å². The van der Waals surface area contributed by atoms with Gasteiger partial charge in [-0.15, -0.1) is 23.1 Å². The maximum atomic E-state index is 12.4. The minimum absolute atomic E-state index is 0.0806. The molecule has 0 radical (unpaired) electrons. The smallest absolute Gasteiger partial charge is 0.326 e. The van der Waals surface area contributed by atoms with Crippen molar-refractivity contribution >= 4 is 29.1 Å². The second kappa shape index (κ2) is 6.96. The first-order chi connectivity index (χ1) is 9.55. The van der Waals surface area contributed by atoms with Gasteiger partial charge in [0.2, 0.25) is 0 Å². The second-order valence-electron chi connectivity index (χ2n) is 5.52. The Labute approximate surface area is 129 Å². The molecule has 1 fully saturated rings. The third kappa shape index (κ3) is 3.77. The predicted molar refractivity (Wildman–Crippen MR) is 85.5 cm³/mol. The predicted octanol–water partition coefficient (Wildman–Crippen LogP) is 3.69. The minimum atomic E-state index is -0.487. The van der Waals surface area contributed by atoms with E-state index in [1.54, 1.807) is 11.3 Å². The van der Waals surface area contributed by atoms with E-state index in [1.807, 2.05) is 18.7 Å². The fraction of sp³-hybridized carbons (Fsp3) is 0.667. The highest BCUT2D eigenvalue weighted by atomic mass is 32.2. The van der Waals surface area contributed by atoms with Crippen molar-refractivity contribution in [1.82, 2.24) is 5.32 Å². The third-order valence-electron chi connectivity index (χ3n) is 3.48. The highest BCUT2D eigenvalue weighted by Crippen LogP contribution is 2.42. The first-order valence-electron chi connectivity index (χ1n) is 7.21. The van der Waals surface area contributed by atoms with Crippen molar-refractivity contribution in [3.63, 3.8) is 0 Å². The Morgan fingerprint density at radius 2 is 2.45 bits per heavy atom. The summed E-state index contributed by atoms with van der Waals surface area (Å²) < 4.78 is 6.64. The van der Waals surface area contributed by atoms with Gasteiger partial charge in [0, 0.05) is 11.3 Å². The van der Waals surface area contributed by atoms with E-state index in [2.05, 4.69) is 36.7 Å². The number of nitrogens with one attached hydrogen (secondary N) is 1. The van der Waals surface area contributed by atoms with E-state index < -0.39 is 5.54 Å². The monoisotopic (exact) mass is 313 g/mol. The molecular formula is C15H23NO2S2. The van der Waals surface area contributed by atoms with Crippen LogP contribution in [0.2, 0.25) is 0 Å². The van der Waals surface area contributed by atoms with Gasteiger partial charge in [-0.05, 0) is 51.5 Å². The molecule has 2 atom stereocenters. The zero-order chi connectivity index (χ0) is 14.6. The largest absolute Gasteiger partial charge is 0.465 e. The quantitative estimate of drug-likeness (QED) is 0.813. The van der Waals surface area contributed by atoms with E-state index in [9.17, 15) is 4.79 Å². The molecule has 1 N–H and O–H groups in total. The van der Waals surface area contributed by atoms with Crippen LogP contribution in [-0.2, 0) is 9.53 Å². The molecule has 3 nitrogen and oxygen atoms in total. The summed E-state index contributed by atoms with van der Waals surface area (Å²) in [7, 11) is 0. The lowest BCUT2D eigenvalue weighted by Gasteiger charge is -2.30. The molecule has 0 bridgehead atoms. The Kier molecular flexibility index (Phi) is 5.52. The van der Waals surface area contributed by atoms with Crippen LogP contribution in [0.5, 0.6) is 0 Å². The average Bonchev–Trinajstić information content (AvgIpc) is 3.00. The van der Waals surface area contributed by atoms with Crippen molar-refractivity contribution in [3.8, 4) is 0 Å². The molecule has 0 aliphatic heterocycles. The maximum Gasteiger partial charge on any atom is 0.326 e. The molecule has 1 heterocycles. The van der Waals surface area contributed by atoms with Gasteiger partial charge in [0.25, 0.3) is 0 Å². The third-order valence-corrected chi connectivity index (χ3v) is 5.82. The van der Waals surface area contributed by atoms with Crippen LogP contribution in [0.3, 0.4) is 0 Å². The van der Waals surface area contributed by atoms with Gasteiger partial charge in [-0.1, -0.05) is 6.07 Å². The number of thiophene rings is 1. The summed E-state index contributed by atoms with van der Waals surface area (Å²) in [6, 6.07) is 4.51. The Morgan fingerprint density at radius 1 is 1.65 bits per heavy atom. The van der Waals surface area contributed by atoms with Crippen LogP contribution in [0.15, 0.2) is 21.7 Å². The first-order valence-corrected chi connectivity index (χ1v) is 8.97. The lowest BCUT2D eigenvalue weighted by atomic mass is 9.96. The number of hydrogen-bond acceptors (Lipinski definition) is 5. The lowest BCUT2D eigenvalue weighted by molar-refractivity contribution is -0.151. The summed E-state index contributed by atoms with van der Waals surface area (Å²) in [6.45, 7) is 6.48. The van der Waals surface area contributed by atoms with E-state index in [-0.39, 0.29) is 12.0 Å². The second-order valence-corrected chi connectivity index (χ2v) is 8.06. The van der Waals surface area contributed by atoms with Crippen LogP contribution in [0, 0.1) is 0 Å². The van der Waals surface area contributed by atoms with Crippen LogP contribution in [0.4, 0.5) is 0 Å². The summed E-state index contributed by atoms with van der Waals surface area (Å²) in [5, 5.41) is 6.05. The number of carbonyl (C=O) groups is 1. The Balaban J connectivity index is 2.04. The minimum Gasteiger partial charge on any atom is -0.465 e. The first kappa shape index (κ1) is 15.9. The van der Waals surface area contributed by atoms with Crippen LogP contribution in [0.1, 0.15) is 40.0 Å². The van der Waals surface area contributed by atoms with Crippen LogP contribution in [-0.4, -0.2) is 29.4 Å². The fourth-order valence-corrected chi connectivity index (χ4v) is 5.13. The highest BCUT2D eigenvalue weighted by Gasteiger charge is 2.47. The van der Waals surface area contributed by atoms with E-state index in [4.69, 9.17) is 4.74 Å². The van der Waals surface area contributed by atoms with Crippen molar-refractivity contribution in [3.05, 3.63) is 17.5 Å². The lowest BCUT2D eigenvalue weighted by Crippen LogP contribution is -2.54. The standard InChI is InChI=1S/C15H23NO2S2/c1-4-18-14(17)15(16-11(2)3)8-7-12(10-15)20-13-6-5-9-19-13/h5-6,9,11-12,16H,4,7-8,10H2,1-3H3. The normalized spacial score (nSPS) is 26.1. The molecule has 1 saturated carbocycles. The summed E-state index contributed by atoms with van der Waals surface area (Å²) in [6.07, 6.45) is 2.78. The van der Waals surface area contributed by atoms with E-state index >= 15 is 0 Å². The number of ether oxygens (including phenoxy) is 1. The zero-order valence-corrected chi connectivity index (χ0v) is 14.0. The van der Waals surface area contributed by atoms with Gasteiger partial charge < -0.3 is 4.74 Å². The van der Waals surface area contributed by atoms with Gasteiger partial charge in [-0.25, -0.2) is 0 Å². The van der Waals surface area contributed by atoms with Crippen LogP contribution < -0.4 is 5.32 Å². The van der Waals surface area contributed by atoms with Crippen LogP contribution in [0.25, 0.3) is 0 Å². The summed E-state index contributed by atoms with van der Waals surface area (Å²) in [5.74, 6) is -0.0806. The number of carbonyl (C=O) groups excluding carboxylic acids is 1. The Morgan fingerprint density at radius 3 is 3.05 bits per heavy atom. The van der Waals surface area contributed by atoms with Gasteiger partial charge in [0.05, 0.1) is 10.8 Å². The molecule has 2 rings (SSSR count). The molecule has 1 aliphatic carbocycles. The number of hydrogen-bond donors (Lipinski definition) is 1. The maximum absolute atomic E-state index is 12.4. The van der Waals surface area contributed by atoms with E-state index in [0.29, 0.717) is 11.9 Å². The fourth-order valence-electron chi connectivity index (χ4n) is 2.79. The van der Waals surface area contributed by atoms with Crippen LogP contribution >= 0.6 is 23.1 Å². The number of rotatable bonds is 6. The summed E-state index contributed by atoms with van der Waals surface area (Å²) in [4.78, 5) is 12.4. The van der Waals surface area contributed by atoms with Crippen molar-refractivity contribution < 1.29 is 9.53 Å². The van der Waals surface area contributed by atoms with Gasteiger partial charge in [0.1, 0.15) is 5.54 Å². The van der Waals surface area contributed by atoms with Crippen molar-refractivity contribution in [1.29, 1.82) is 0 Å². The Hall–Kier alpha value is -0.520. The molecule has 112 valence electrons. The van der Waals surface area contributed by atoms with Gasteiger partial charge >= 0.3 is 5.97 Å². The molecule has 5 heteroatoms. The highest BCUT2D eigenvalue weighted by molar-refractivity contribution is 8.01. The number of thioether (sulfide) groups is 1. The average molecular weight is 313 g/mol. The molecule has 0 spiro atoms. The molecule has 20 heavy (non-hydrogen) atoms. The van der Waals surface area contributed by atoms with E-state index in [0.717, 1.165) is 19.3 Å². The van der Waals surface area contributed by atoms with Crippen molar-refractivity contribution in [2.45, 2.75) is 61.1 Å². The topological polar surface area (TPSA) is 38.3 Å². The van der Waals surface area contributed by atoms with Crippen molar-refractivity contribution in [2.24, 2.45) is 0 Å². The zero-order valence-electron chi connectivity index (χ0n) is 12.3. The molecule has 1 aliphatic rings. The summed E-state index contributed by atoms with van der Waals surface area (Å²) in [5.41, 5.74) is -0.487. The van der Waals surface area contributed by atoms with Gasteiger partial charge in [-0.2, -0.15) is 0 Å². The summed E-state index contributed by atoms with van der Waals surface area (Å²) >= 11 is 3.66. The molecule has 0 amide bonds. The molecule has 1 aromatic rings.